The first-order valence-electron chi connectivity index (χ1n) is 6.53. The van der Waals surface area contributed by atoms with Gasteiger partial charge in [-0.05, 0) is 24.6 Å². The lowest BCUT2D eigenvalue weighted by atomic mass is 10.1. The number of carbonyl (C=O) groups excluding carboxylic acids is 2. The number of amides is 2. The fraction of sp³-hybridized carbons (Fsp3) is 0.267. The minimum Gasteiger partial charge on any atom is -0.345 e. The number of rotatable bonds is 2. The predicted molar refractivity (Wildman–Crippen MR) is 74.9 cm³/mol. The maximum Gasteiger partial charge on any atom is 0.242 e. The van der Waals surface area contributed by atoms with Gasteiger partial charge in [-0.15, -0.1) is 0 Å². The van der Waals surface area contributed by atoms with Crippen LogP contribution in [0.15, 0.2) is 30.3 Å². The molecular formula is C15H15N3O2. The Labute approximate surface area is 116 Å². The van der Waals surface area contributed by atoms with Gasteiger partial charge in [0.05, 0.1) is 18.6 Å². The molecule has 1 N–H and O–H groups in total. The molecule has 0 saturated carbocycles. The Balaban J connectivity index is 1.97. The van der Waals surface area contributed by atoms with Crippen molar-refractivity contribution in [1.82, 2.24) is 15.2 Å². The average molecular weight is 269 g/mol. The van der Waals surface area contributed by atoms with E-state index >= 15 is 0 Å². The van der Waals surface area contributed by atoms with Gasteiger partial charge in [-0.3, -0.25) is 14.6 Å². The minimum atomic E-state index is -0.111. The number of pyridine rings is 1. The number of piperazine rings is 1. The molecule has 0 spiro atoms. The van der Waals surface area contributed by atoms with E-state index in [-0.39, 0.29) is 24.9 Å². The number of carbonyl (C=O) groups is 2. The van der Waals surface area contributed by atoms with E-state index in [1.807, 2.05) is 37.3 Å². The molecule has 20 heavy (non-hydrogen) atoms. The lowest BCUT2D eigenvalue weighted by Gasteiger charge is -2.27. The molecule has 1 saturated heterocycles. The van der Waals surface area contributed by atoms with Crippen molar-refractivity contribution >= 4 is 22.7 Å². The summed E-state index contributed by atoms with van der Waals surface area (Å²) in [5.74, 6) is -0.164. The van der Waals surface area contributed by atoms with Gasteiger partial charge in [-0.25, -0.2) is 0 Å². The highest BCUT2D eigenvalue weighted by molar-refractivity contribution is 5.92. The van der Waals surface area contributed by atoms with Crippen LogP contribution in [0.1, 0.15) is 11.3 Å². The fourth-order valence-corrected chi connectivity index (χ4v) is 2.48. The highest BCUT2D eigenvalue weighted by atomic mass is 16.2. The molecule has 5 heteroatoms. The van der Waals surface area contributed by atoms with Crippen molar-refractivity contribution in [3.8, 4) is 0 Å². The lowest BCUT2D eigenvalue weighted by Crippen LogP contribution is -2.51. The van der Waals surface area contributed by atoms with Gasteiger partial charge in [0.15, 0.2) is 0 Å². The highest BCUT2D eigenvalue weighted by Crippen LogP contribution is 2.20. The number of aryl methyl sites for hydroxylation is 1. The van der Waals surface area contributed by atoms with E-state index in [0.29, 0.717) is 6.54 Å². The Bertz CT molecular complexity index is 697. The molecule has 0 bridgehead atoms. The third-order valence-electron chi connectivity index (χ3n) is 3.42. The van der Waals surface area contributed by atoms with Crippen LogP contribution in [0, 0.1) is 6.92 Å². The molecule has 102 valence electrons. The lowest BCUT2D eigenvalue weighted by molar-refractivity contribution is -0.141. The quantitative estimate of drug-likeness (QED) is 0.884. The minimum absolute atomic E-state index is 0.0526. The van der Waals surface area contributed by atoms with Gasteiger partial charge >= 0.3 is 0 Å². The molecule has 0 atom stereocenters. The zero-order chi connectivity index (χ0) is 14.1. The highest BCUT2D eigenvalue weighted by Gasteiger charge is 2.23. The van der Waals surface area contributed by atoms with Crippen LogP contribution in [-0.2, 0) is 16.1 Å². The number of aromatic nitrogens is 1. The van der Waals surface area contributed by atoms with Gasteiger partial charge in [0.2, 0.25) is 11.8 Å². The molecule has 0 radical (unpaired) electrons. The Morgan fingerprint density at radius 1 is 1.30 bits per heavy atom. The number of nitrogens with zero attached hydrogens (tertiary/aromatic N) is 2. The summed E-state index contributed by atoms with van der Waals surface area (Å²) >= 11 is 0. The van der Waals surface area contributed by atoms with Crippen molar-refractivity contribution in [2.75, 3.05) is 13.1 Å². The third-order valence-corrected chi connectivity index (χ3v) is 3.42. The fourth-order valence-electron chi connectivity index (χ4n) is 2.48. The second-order valence-electron chi connectivity index (χ2n) is 4.97. The summed E-state index contributed by atoms with van der Waals surface area (Å²) in [4.78, 5) is 29.3. The Morgan fingerprint density at radius 3 is 2.95 bits per heavy atom. The zero-order valence-corrected chi connectivity index (χ0v) is 11.2. The molecule has 2 heterocycles. The standard InChI is InChI=1S/C15H15N3O2/c1-10-6-11(12-4-2-3-5-13(12)17-10)8-18-9-14(19)16-7-15(18)20/h2-6H,7-9H2,1H3,(H,16,19). The number of hydrogen-bond acceptors (Lipinski definition) is 3. The predicted octanol–water partition coefficient (Wildman–Crippen LogP) is 1.00. The molecular weight excluding hydrogens is 254 g/mol. The van der Waals surface area contributed by atoms with Gasteiger partial charge in [-0.1, -0.05) is 18.2 Å². The molecule has 1 aromatic heterocycles. The summed E-state index contributed by atoms with van der Waals surface area (Å²) in [6.07, 6.45) is 0. The first kappa shape index (κ1) is 12.6. The summed E-state index contributed by atoms with van der Waals surface area (Å²) in [5.41, 5.74) is 2.85. The van der Waals surface area contributed by atoms with E-state index in [4.69, 9.17) is 0 Å². The first-order chi connectivity index (χ1) is 9.63. The molecule has 5 nitrogen and oxygen atoms in total. The van der Waals surface area contributed by atoms with Gasteiger partial charge in [0.25, 0.3) is 0 Å². The largest absolute Gasteiger partial charge is 0.345 e. The Kier molecular flexibility index (Phi) is 3.10. The van der Waals surface area contributed by atoms with Gasteiger partial charge in [0, 0.05) is 17.6 Å². The molecule has 1 aliphatic rings. The zero-order valence-electron chi connectivity index (χ0n) is 11.2. The van der Waals surface area contributed by atoms with Crippen LogP contribution in [-0.4, -0.2) is 34.8 Å². The first-order valence-corrected chi connectivity index (χ1v) is 6.53. The van der Waals surface area contributed by atoms with E-state index in [0.717, 1.165) is 22.2 Å². The number of hydrogen-bond donors (Lipinski definition) is 1. The van der Waals surface area contributed by atoms with Crippen LogP contribution in [0.4, 0.5) is 0 Å². The van der Waals surface area contributed by atoms with Crippen LogP contribution in [0.25, 0.3) is 10.9 Å². The van der Waals surface area contributed by atoms with Crippen molar-refractivity contribution in [3.05, 3.63) is 41.6 Å². The summed E-state index contributed by atoms with van der Waals surface area (Å²) in [6.45, 7) is 2.58. The molecule has 1 fully saturated rings. The molecule has 0 unspecified atom stereocenters. The maximum absolute atomic E-state index is 11.9. The summed E-state index contributed by atoms with van der Waals surface area (Å²) in [7, 11) is 0. The SMILES string of the molecule is Cc1cc(CN2CC(=O)NCC2=O)c2ccccc2n1. The molecule has 2 aromatic rings. The van der Waals surface area contributed by atoms with Crippen molar-refractivity contribution in [2.45, 2.75) is 13.5 Å². The summed E-state index contributed by atoms with van der Waals surface area (Å²) in [5, 5.41) is 3.58. The molecule has 1 aromatic carbocycles. The summed E-state index contributed by atoms with van der Waals surface area (Å²) < 4.78 is 0. The van der Waals surface area contributed by atoms with Crippen molar-refractivity contribution in [2.24, 2.45) is 0 Å². The topological polar surface area (TPSA) is 62.3 Å². The molecule has 2 amide bonds. The van der Waals surface area contributed by atoms with Crippen LogP contribution >= 0.6 is 0 Å². The van der Waals surface area contributed by atoms with Gasteiger partial charge in [-0.2, -0.15) is 0 Å². The van der Waals surface area contributed by atoms with E-state index in [1.165, 1.54) is 0 Å². The van der Waals surface area contributed by atoms with Gasteiger partial charge < -0.3 is 10.2 Å². The van der Waals surface area contributed by atoms with E-state index < -0.39 is 0 Å². The third kappa shape index (κ3) is 2.34. The normalized spacial score (nSPS) is 15.6. The Morgan fingerprint density at radius 2 is 2.10 bits per heavy atom. The second kappa shape index (κ2) is 4.92. The number of benzene rings is 1. The average Bonchev–Trinajstić information content (AvgIpc) is 2.43. The smallest absolute Gasteiger partial charge is 0.242 e. The van der Waals surface area contributed by atoms with Crippen molar-refractivity contribution < 1.29 is 9.59 Å². The van der Waals surface area contributed by atoms with Crippen LogP contribution in [0.5, 0.6) is 0 Å². The van der Waals surface area contributed by atoms with Crippen LogP contribution in [0.3, 0.4) is 0 Å². The number of fused-ring (bicyclic) bond motifs is 1. The molecule has 1 aliphatic heterocycles. The van der Waals surface area contributed by atoms with Gasteiger partial charge in [0.1, 0.15) is 0 Å². The number of nitrogens with one attached hydrogen (secondary N) is 1. The Hall–Kier alpha value is -2.43. The maximum atomic E-state index is 11.9. The number of para-hydroxylation sites is 1. The summed E-state index contributed by atoms with van der Waals surface area (Å²) in [6, 6.07) is 9.82. The molecule has 3 rings (SSSR count). The van der Waals surface area contributed by atoms with Crippen LogP contribution in [0.2, 0.25) is 0 Å². The monoisotopic (exact) mass is 269 g/mol. The van der Waals surface area contributed by atoms with Crippen molar-refractivity contribution in [1.29, 1.82) is 0 Å². The van der Waals surface area contributed by atoms with Crippen molar-refractivity contribution in [3.63, 3.8) is 0 Å². The van der Waals surface area contributed by atoms with E-state index in [9.17, 15) is 9.59 Å². The second-order valence-corrected chi connectivity index (χ2v) is 4.97. The van der Waals surface area contributed by atoms with E-state index in [1.54, 1.807) is 4.90 Å². The molecule has 0 aliphatic carbocycles. The van der Waals surface area contributed by atoms with Crippen LogP contribution < -0.4 is 5.32 Å². The van der Waals surface area contributed by atoms with E-state index in [2.05, 4.69) is 10.3 Å².